The number of anilines is 1. The van der Waals surface area contributed by atoms with Gasteiger partial charge in [0.2, 0.25) is 0 Å². The van der Waals surface area contributed by atoms with Crippen molar-refractivity contribution in [2.24, 2.45) is 7.05 Å². The summed E-state index contributed by atoms with van der Waals surface area (Å²) in [5.74, 6) is 0.383. The summed E-state index contributed by atoms with van der Waals surface area (Å²) in [6, 6.07) is 5.49. The van der Waals surface area contributed by atoms with Gasteiger partial charge in [-0.1, -0.05) is 0 Å². The highest BCUT2D eigenvalue weighted by molar-refractivity contribution is 5.90. The summed E-state index contributed by atoms with van der Waals surface area (Å²) in [6.07, 6.45) is 2.64. The molecule has 0 radical (unpaired) electrons. The maximum Gasteiger partial charge on any atom is 0.339 e. The molecule has 0 aliphatic heterocycles. The summed E-state index contributed by atoms with van der Waals surface area (Å²) in [5.41, 5.74) is 2.30. The number of carbonyl (C=O) groups excluding carboxylic acids is 1. The van der Waals surface area contributed by atoms with Gasteiger partial charge in [-0.15, -0.1) is 0 Å². The molecule has 1 N–H and O–H groups in total. The van der Waals surface area contributed by atoms with E-state index in [1.165, 1.54) is 7.11 Å². The molecule has 0 saturated carbocycles. The van der Waals surface area contributed by atoms with Crippen LogP contribution in [0, 0.1) is 6.92 Å². The van der Waals surface area contributed by atoms with Crippen LogP contribution in [0.25, 0.3) is 0 Å². The molecule has 20 heavy (non-hydrogen) atoms. The molecule has 0 aliphatic carbocycles. The molecule has 0 amide bonds. The lowest BCUT2D eigenvalue weighted by Crippen LogP contribution is -2.11. The average molecular weight is 274 g/mol. The monoisotopic (exact) mass is 274 g/mol. The minimum absolute atomic E-state index is 0.364. The fraction of sp³-hybridized carbons (Fsp3) is 0.357. The first-order valence-corrected chi connectivity index (χ1v) is 6.38. The van der Waals surface area contributed by atoms with Crippen LogP contribution in [0.5, 0.6) is 0 Å². The van der Waals surface area contributed by atoms with Gasteiger partial charge in [-0.2, -0.15) is 5.10 Å². The smallest absolute Gasteiger partial charge is 0.339 e. The standard InChI is InChI=1S/C14H18N4O2/c1-10-12(14(19)20-3)4-5-13(17-10)15-8-6-11-7-9-16-18(11)2/h4-5,7,9H,6,8H2,1-3H3,(H,15,17). The Morgan fingerprint density at radius 1 is 1.40 bits per heavy atom. The van der Waals surface area contributed by atoms with Crippen molar-refractivity contribution in [2.45, 2.75) is 13.3 Å². The maximum absolute atomic E-state index is 11.5. The van der Waals surface area contributed by atoms with E-state index in [0.29, 0.717) is 11.3 Å². The van der Waals surface area contributed by atoms with Crippen molar-refractivity contribution in [3.63, 3.8) is 0 Å². The third-order valence-corrected chi connectivity index (χ3v) is 3.10. The van der Waals surface area contributed by atoms with Gasteiger partial charge < -0.3 is 10.1 Å². The van der Waals surface area contributed by atoms with Crippen LogP contribution in [0.15, 0.2) is 24.4 Å². The van der Waals surface area contributed by atoms with E-state index in [1.807, 2.05) is 17.8 Å². The number of hydrogen-bond donors (Lipinski definition) is 1. The highest BCUT2D eigenvalue weighted by atomic mass is 16.5. The van der Waals surface area contributed by atoms with Crippen LogP contribution in [-0.2, 0) is 18.2 Å². The second-order valence-electron chi connectivity index (χ2n) is 4.44. The molecule has 0 bridgehead atoms. The van der Waals surface area contributed by atoms with Crippen LogP contribution >= 0.6 is 0 Å². The zero-order chi connectivity index (χ0) is 14.5. The Morgan fingerprint density at radius 3 is 2.80 bits per heavy atom. The zero-order valence-corrected chi connectivity index (χ0v) is 11.9. The van der Waals surface area contributed by atoms with Crippen LogP contribution in [0.3, 0.4) is 0 Å². The highest BCUT2D eigenvalue weighted by Gasteiger charge is 2.10. The quantitative estimate of drug-likeness (QED) is 0.838. The SMILES string of the molecule is COC(=O)c1ccc(NCCc2ccnn2C)nc1C. The van der Waals surface area contributed by atoms with Gasteiger partial charge in [0.05, 0.1) is 18.4 Å². The number of esters is 1. The van der Waals surface area contributed by atoms with E-state index in [-0.39, 0.29) is 5.97 Å². The topological polar surface area (TPSA) is 69.0 Å². The molecular formula is C14H18N4O2. The summed E-state index contributed by atoms with van der Waals surface area (Å²) >= 11 is 0. The van der Waals surface area contributed by atoms with E-state index in [4.69, 9.17) is 4.74 Å². The Morgan fingerprint density at radius 2 is 2.20 bits per heavy atom. The molecular weight excluding hydrogens is 256 g/mol. The minimum atomic E-state index is -0.364. The number of rotatable bonds is 5. The van der Waals surface area contributed by atoms with E-state index in [2.05, 4.69) is 15.4 Å². The van der Waals surface area contributed by atoms with Gasteiger partial charge in [-0.3, -0.25) is 4.68 Å². The number of nitrogens with one attached hydrogen (secondary N) is 1. The van der Waals surface area contributed by atoms with Gasteiger partial charge >= 0.3 is 5.97 Å². The predicted octanol–water partition coefficient (Wildman–Crippen LogP) is 1.56. The summed E-state index contributed by atoms with van der Waals surface area (Å²) in [4.78, 5) is 15.8. The first-order chi connectivity index (χ1) is 9.61. The Bertz CT molecular complexity index is 607. The Kier molecular flexibility index (Phi) is 4.34. The predicted molar refractivity (Wildman–Crippen MR) is 75.7 cm³/mol. The van der Waals surface area contributed by atoms with E-state index < -0.39 is 0 Å². The third kappa shape index (κ3) is 3.14. The van der Waals surface area contributed by atoms with Crippen molar-refractivity contribution in [3.8, 4) is 0 Å². The number of aryl methyl sites for hydroxylation is 2. The normalized spacial score (nSPS) is 10.3. The van der Waals surface area contributed by atoms with Gasteiger partial charge in [-0.25, -0.2) is 9.78 Å². The first-order valence-electron chi connectivity index (χ1n) is 6.38. The van der Waals surface area contributed by atoms with Crippen LogP contribution in [0.1, 0.15) is 21.7 Å². The molecule has 106 valence electrons. The van der Waals surface area contributed by atoms with Gasteiger partial charge in [0.15, 0.2) is 0 Å². The van der Waals surface area contributed by atoms with E-state index in [0.717, 1.165) is 24.5 Å². The van der Waals surface area contributed by atoms with Crippen LogP contribution < -0.4 is 5.32 Å². The largest absolute Gasteiger partial charge is 0.465 e. The fourth-order valence-electron chi connectivity index (χ4n) is 1.95. The number of ether oxygens (including phenoxy) is 1. The lowest BCUT2D eigenvalue weighted by atomic mass is 10.2. The van der Waals surface area contributed by atoms with Gasteiger partial charge in [-0.05, 0) is 25.1 Å². The molecule has 0 aromatic carbocycles. The van der Waals surface area contributed by atoms with Crippen LogP contribution in [0.4, 0.5) is 5.82 Å². The summed E-state index contributed by atoms with van der Waals surface area (Å²) in [7, 11) is 3.28. The Balaban J connectivity index is 1.95. The first kappa shape index (κ1) is 14.0. The number of carbonyl (C=O) groups is 1. The second kappa shape index (κ2) is 6.18. The molecule has 0 unspecified atom stereocenters. The average Bonchev–Trinajstić information content (AvgIpc) is 2.84. The highest BCUT2D eigenvalue weighted by Crippen LogP contribution is 2.11. The molecule has 2 aromatic rings. The molecule has 2 aromatic heterocycles. The molecule has 6 heteroatoms. The van der Waals surface area contributed by atoms with E-state index >= 15 is 0 Å². The van der Waals surface area contributed by atoms with Gasteiger partial charge in [0.25, 0.3) is 0 Å². The number of hydrogen-bond acceptors (Lipinski definition) is 5. The maximum atomic E-state index is 11.5. The fourth-order valence-corrected chi connectivity index (χ4v) is 1.95. The summed E-state index contributed by atoms with van der Waals surface area (Å²) in [6.45, 7) is 2.54. The van der Waals surface area contributed by atoms with E-state index in [1.54, 1.807) is 25.3 Å². The Labute approximate surface area is 117 Å². The molecule has 0 aliphatic rings. The van der Waals surface area contributed by atoms with Crippen molar-refractivity contribution >= 4 is 11.8 Å². The molecule has 0 spiro atoms. The molecule has 0 fully saturated rings. The lowest BCUT2D eigenvalue weighted by molar-refractivity contribution is 0.0599. The number of aromatic nitrogens is 3. The second-order valence-corrected chi connectivity index (χ2v) is 4.44. The minimum Gasteiger partial charge on any atom is -0.465 e. The van der Waals surface area contributed by atoms with Gasteiger partial charge in [0.1, 0.15) is 5.82 Å². The third-order valence-electron chi connectivity index (χ3n) is 3.10. The van der Waals surface area contributed by atoms with Gasteiger partial charge in [0, 0.05) is 31.9 Å². The molecule has 2 heterocycles. The van der Waals surface area contributed by atoms with Crippen molar-refractivity contribution in [1.82, 2.24) is 14.8 Å². The van der Waals surface area contributed by atoms with Crippen molar-refractivity contribution < 1.29 is 9.53 Å². The Hall–Kier alpha value is -2.37. The summed E-state index contributed by atoms with van der Waals surface area (Å²) < 4.78 is 6.54. The van der Waals surface area contributed by atoms with Crippen molar-refractivity contribution in [2.75, 3.05) is 19.0 Å². The molecule has 0 saturated heterocycles. The van der Waals surface area contributed by atoms with Crippen molar-refractivity contribution in [1.29, 1.82) is 0 Å². The van der Waals surface area contributed by atoms with Crippen LogP contribution in [-0.4, -0.2) is 34.4 Å². The van der Waals surface area contributed by atoms with Crippen molar-refractivity contribution in [3.05, 3.63) is 41.3 Å². The molecule has 2 rings (SSSR count). The summed E-state index contributed by atoms with van der Waals surface area (Å²) in [5, 5.41) is 7.35. The number of pyridine rings is 1. The molecule has 0 atom stereocenters. The molecule has 6 nitrogen and oxygen atoms in total. The number of methoxy groups -OCH3 is 1. The lowest BCUT2D eigenvalue weighted by Gasteiger charge is -2.08. The zero-order valence-electron chi connectivity index (χ0n) is 11.9. The number of nitrogens with zero attached hydrogens (tertiary/aromatic N) is 3. The van der Waals surface area contributed by atoms with Crippen LogP contribution in [0.2, 0.25) is 0 Å². The van der Waals surface area contributed by atoms with E-state index in [9.17, 15) is 4.79 Å².